The van der Waals surface area contributed by atoms with Crippen molar-refractivity contribution in [3.63, 3.8) is 0 Å². The lowest BCUT2D eigenvalue weighted by Gasteiger charge is -2.38. The van der Waals surface area contributed by atoms with E-state index in [1.807, 2.05) is 7.11 Å². The SMILES string of the molecule is COC[C@]12CCCC[C@@H]1CN(CCN=[N+]=[N-])C2. The molecule has 0 aromatic rings. The molecule has 2 aliphatic rings. The second-order valence-corrected chi connectivity index (χ2v) is 5.43. The van der Waals surface area contributed by atoms with Gasteiger partial charge in [0.2, 0.25) is 0 Å². The molecule has 0 spiro atoms. The zero-order valence-electron chi connectivity index (χ0n) is 10.6. The Hall–Kier alpha value is -0.770. The maximum Gasteiger partial charge on any atom is 0.0534 e. The molecule has 1 saturated heterocycles. The van der Waals surface area contributed by atoms with E-state index in [-0.39, 0.29) is 0 Å². The van der Waals surface area contributed by atoms with Crippen molar-refractivity contribution in [3.8, 4) is 0 Å². The summed E-state index contributed by atoms with van der Waals surface area (Å²) in [4.78, 5) is 5.26. The molecule has 1 heterocycles. The van der Waals surface area contributed by atoms with E-state index in [0.717, 1.165) is 32.2 Å². The van der Waals surface area contributed by atoms with Gasteiger partial charge in [0.25, 0.3) is 0 Å². The first-order valence-electron chi connectivity index (χ1n) is 6.53. The molecule has 2 atom stereocenters. The number of hydrogen-bond acceptors (Lipinski definition) is 3. The Kier molecular flexibility index (Phi) is 4.26. The minimum atomic E-state index is 0.378. The minimum absolute atomic E-state index is 0.378. The molecule has 1 saturated carbocycles. The Morgan fingerprint density at radius 2 is 2.41 bits per heavy atom. The molecule has 0 radical (unpaired) electrons. The van der Waals surface area contributed by atoms with Crippen molar-refractivity contribution in [2.45, 2.75) is 25.7 Å². The molecule has 1 aliphatic heterocycles. The molecule has 1 aliphatic carbocycles. The lowest BCUT2D eigenvalue weighted by molar-refractivity contribution is 0.0299. The Balaban J connectivity index is 1.95. The first-order chi connectivity index (χ1) is 8.30. The average Bonchev–Trinajstić information content (AvgIpc) is 2.68. The lowest BCUT2D eigenvalue weighted by Crippen LogP contribution is -2.37. The Morgan fingerprint density at radius 1 is 1.53 bits per heavy atom. The van der Waals surface area contributed by atoms with Crippen molar-refractivity contribution in [2.75, 3.05) is 39.9 Å². The van der Waals surface area contributed by atoms with Crippen LogP contribution >= 0.6 is 0 Å². The van der Waals surface area contributed by atoms with Crippen LogP contribution in [0, 0.1) is 11.3 Å². The van der Waals surface area contributed by atoms with Gasteiger partial charge < -0.3 is 9.64 Å². The zero-order chi connectivity index (χ0) is 12.1. The van der Waals surface area contributed by atoms with E-state index in [0.29, 0.717) is 12.0 Å². The minimum Gasteiger partial charge on any atom is -0.384 e. The van der Waals surface area contributed by atoms with E-state index in [2.05, 4.69) is 14.9 Å². The molecule has 0 amide bonds. The summed E-state index contributed by atoms with van der Waals surface area (Å²) in [5.41, 5.74) is 8.68. The van der Waals surface area contributed by atoms with Gasteiger partial charge in [-0.05, 0) is 24.3 Å². The van der Waals surface area contributed by atoms with Crippen LogP contribution < -0.4 is 0 Å². The second kappa shape index (κ2) is 5.71. The number of nitrogens with zero attached hydrogens (tertiary/aromatic N) is 4. The van der Waals surface area contributed by atoms with Crippen LogP contribution in [0.25, 0.3) is 10.4 Å². The van der Waals surface area contributed by atoms with E-state index < -0.39 is 0 Å². The highest BCUT2D eigenvalue weighted by Crippen LogP contribution is 2.46. The van der Waals surface area contributed by atoms with Crippen molar-refractivity contribution in [1.82, 2.24) is 4.90 Å². The monoisotopic (exact) mass is 238 g/mol. The van der Waals surface area contributed by atoms with E-state index in [9.17, 15) is 0 Å². The Labute approximate surface area is 103 Å². The molecule has 0 N–H and O–H groups in total. The molecule has 96 valence electrons. The number of hydrogen-bond donors (Lipinski definition) is 0. The molecule has 17 heavy (non-hydrogen) atoms. The van der Waals surface area contributed by atoms with Gasteiger partial charge in [-0.25, -0.2) is 0 Å². The van der Waals surface area contributed by atoms with Crippen LogP contribution in [-0.2, 0) is 4.74 Å². The smallest absolute Gasteiger partial charge is 0.0534 e. The summed E-state index contributed by atoms with van der Waals surface area (Å²) >= 11 is 0. The highest BCUT2D eigenvalue weighted by atomic mass is 16.5. The predicted octanol–water partition coefficient (Wildman–Crippen LogP) is 2.44. The number of azide groups is 1. The van der Waals surface area contributed by atoms with Gasteiger partial charge in [0, 0.05) is 43.6 Å². The van der Waals surface area contributed by atoms with Gasteiger partial charge in [0.1, 0.15) is 0 Å². The first kappa shape index (κ1) is 12.7. The molecular weight excluding hydrogens is 216 g/mol. The van der Waals surface area contributed by atoms with Gasteiger partial charge in [0.05, 0.1) is 6.61 Å². The molecule has 5 nitrogen and oxygen atoms in total. The van der Waals surface area contributed by atoms with Crippen LogP contribution in [0.5, 0.6) is 0 Å². The van der Waals surface area contributed by atoms with E-state index >= 15 is 0 Å². The number of methoxy groups -OCH3 is 1. The molecule has 0 aromatic heterocycles. The van der Waals surface area contributed by atoms with Gasteiger partial charge in [-0.2, -0.15) is 0 Å². The summed E-state index contributed by atoms with van der Waals surface area (Å²) in [6, 6.07) is 0. The molecule has 0 unspecified atom stereocenters. The van der Waals surface area contributed by atoms with E-state index in [1.54, 1.807) is 0 Å². The molecule has 2 fully saturated rings. The fourth-order valence-electron chi connectivity index (χ4n) is 3.62. The topological polar surface area (TPSA) is 61.2 Å². The summed E-state index contributed by atoms with van der Waals surface area (Å²) in [5.74, 6) is 0.780. The van der Waals surface area contributed by atoms with Crippen molar-refractivity contribution in [2.24, 2.45) is 16.4 Å². The Bertz CT molecular complexity index is 299. The fourth-order valence-corrected chi connectivity index (χ4v) is 3.62. The van der Waals surface area contributed by atoms with E-state index in [1.165, 1.54) is 25.7 Å². The molecule has 0 bridgehead atoms. The fraction of sp³-hybridized carbons (Fsp3) is 1.00. The average molecular weight is 238 g/mol. The maximum absolute atomic E-state index is 8.30. The standard InChI is InChI=1S/C12H22N4O/c1-17-10-12-5-3-2-4-11(12)8-16(9-12)7-6-14-15-13/h11H,2-10H2,1H3/t11-,12-/m1/s1. The van der Waals surface area contributed by atoms with Crippen molar-refractivity contribution in [3.05, 3.63) is 10.4 Å². The highest BCUT2D eigenvalue weighted by Gasteiger charge is 2.47. The van der Waals surface area contributed by atoms with Crippen LogP contribution in [0.2, 0.25) is 0 Å². The number of ether oxygens (including phenoxy) is 1. The number of rotatable bonds is 5. The predicted molar refractivity (Wildman–Crippen MR) is 66.7 cm³/mol. The molecular formula is C12H22N4O. The summed E-state index contributed by atoms with van der Waals surface area (Å²) < 4.78 is 5.45. The normalized spacial score (nSPS) is 33.1. The van der Waals surface area contributed by atoms with Crippen molar-refractivity contribution in [1.29, 1.82) is 0 Å². The van der Waals surface area contributed by atoms with Gasteiger partial charge in [-0.3, -0.25) is 0 Å². The summed E-state index contributed by atoms with van der Waals surface area (Å²) in [6.07, 6.45) is 5.33. The lowest BCUT2D eigenvalue weighted by atomic mass is 9.69. The largest absolute Gasteiger partial charge is 0.384 e. The maximum atomic E-state index is 8.30. The van der Waals surface area contributed by atoms with E-state index in [4.69, 9.17) is 10.3 Å². The van der Waals surface area contributed by atoms with Crippen molar-refractivity contribution < 1.29 is 4.74 Å². The van der Waals surface area contributed by atoms with Crippen LogP contribution in [0.15, 0.2) is 5.11 Å². The van der Waals surface area contributed by atoms with Gasteiger partial charge >= 0.3 is 0 Å². The van der Waals surface area contributed by atoms with Gasteiger partial charge in [0.15, 0.2) is 0 Å². The number of likely N-dealkylation sites (tertiary alicyclic amines) is 1. The summed E-state index contributed by atoms with van der Waals surface area (Å²) in [5, 5.41) is 3.63. The van der Waals surface area contributed by atoms with Crippen LogP contribution in [0.1, 0.15) is 25.7 Å². The number of fused-ring (bicyclic) bond motifs is 1. The third-order valence-electron chi connectivity index (χ3n) is 4.37. The molecule has 0 aromatic carbocycles. The quantitative estimate of drug-likeness (QED) is 0.419. The van der Waals surface area contributed by atoms with Gasteiger partial charge in [-0.15, -0.1) is 0 Å². The highest BCUT2D eigenvalue weighted by molar-refractivity contribution is 4.98. The molecule has 5 heteroatoms. The second-order valence-electron chi connectivity index (χ2n) is 5.43. The summed E-state index contributed by atoms with van der Waals surface area (Å²) in [6.45, 7) is 4.64. The summed E-state index contributed by atoms with van der Waals surface area (Å²) in [7, 11) is 1.81. The third kappa shape index (κ3) is 2.73. The third-order valence-corrected chi connectivity index (χ3v) is 4.37. The van der Waals surface area contributed by atoms with Crippen LogP contribution in [0.3, 0.4) is 0 Å². The Morgan fingerprint density at radius 3 is 3.18 bits per heavy atom. The van der Waals surface area contributed by atoms with Gasteiger partial charge in [-0.1, -0.05) is 18.0 Å². The van der Waals surface area contributed by atoms with Crippen molar-refractivity contribution >= 4 is 0 Å². The molecule has 2 rings (SSSR count). The van der Waals surface area contributed by atoms with Crippen LogP contribution in [0.4, 0.5) is 0 Å². The van der Waals surface area contributed by atoms with Crippen LogP contribution in [-0.4, -0.2) is 44.8 Å². The zero-order valence-corrected chi connectivity index (χ0v) is 10.6. The first-order valence-corrected chi connectivity index (χ1v) is 6.53.